The van der Waals surface area contributed by atoms with Gasteiger partial charge in [0, 0.05) is 58.3 Å². The first-order chi connectivity index (χ1) is 13.6. The topological polar surface area (TPSA) is 64.2 Å². The Morgan fingerprint density at radius 3 is 2.29 bits per heavy atom. The Morgan fingerprint density at radius 1 is 0.821 bits per heavy atom. The van der Waals surface area contributed by atoms with Crippen molar-refractivity contribution >= 4 is 17.7 Å². The molecule has 3 heterocycles. The molecule has 4 fully saturated rings. The lowest BCUT2D eigenvalue weighted by molar-refractivity contribution is -0.135. The molecule has 1 saturated carbocycles. The third kappa shape index (κ3) is 4.34. The number of carbonyl (C=O) groups excluding carboxylic acids is 3. The van der Waals surface area contributed by atoms with Gasteiger partial charge in [-0.05, 0) is 32.1 Å². The molecule has 1 unspecified atom stereocenters. The summed E-state index contributed by atoms with van der Waals surface area (Å²) in [5.41, 5.74) is 0. The van der Waals surface area contributed by atoms with Crippen molar-refractivity contribution in [3.8, 4) is 0 Å². The van der Waals surface area contributed by atoms with Crippen LogP contribution >= 0.6 is 0 Å². The number of likely N-dealkylation sites (tertiary alicyclic amines) is 2. The van der Waals surface area contributed by atoms with Gasteiger partial charge in [0.15, 0.2) is 0 Å². The van der Waals surface area contributed by atoms with Crippen molar-refractivity contribution in [1.82, 2.24) is 19.6 Å². The van der Waals surface area contributed by atoms with Gasteiger partial charge in [-0.1, -0.05) is 12.8 Å². The molecule has 1 aliphatic carbocycles. The highest BCUT2D eigenvalue weighted by atomic mass is 16.2. The Balaban J connectivity index is 1.27. The Hall–Kier alpha value is -1.63. The van der Waals surface area contributed by atoms with E-state index in [1.54, 1.807) is 0 Å². The van der Waals surface area contributed by atoms with Gasteiger partial charge in [-0.25, -0.2) is 0 Å². The van der Waals surface area contributed by atoms with Crippen LogP contribution in [0.15, 0.2) is 0 Å². The van der Waals surface area contributed by atoms with E-state index in [9.17, 15) is 14.4 Å². The van der Waals surface area contributed by atoms with E-state index < -0.39 is 0 Å². The van der Waals surface area contributed by atoms with Gasteiger partial charge in [-0.2, -0.15) is 0 Å². The summed E-state index contributed by atoms with van der Waals surface area (Å²) >= 11 is 0. The zero-order chi connectivity index (χ0) is 19.5. The predicted octanol–water partition coefficient (Wildman–Crippen LogP) is 0.934. The normalized spacial score (nSPS) is 27.6. The predicted molar refractivity (Wildman–Crippen MR) is 106 cm³/mol. The number of nitrogens with zero attached hydrogens (tertiary/aromatic N) is 4. The molecule has 4 aliphatic rings. The van der Waals surface area contributed by atoms with E-state index in [2.05, 4.69) is 4.90 Å². The quantitative estimate of drug-likeness (QED) is 0.717. The average molecular weight is 391 g/mol. The molecule has 0 bridgehead atoms. The van der Waals surface area contributed by atoms with E-state index in [0.717, 1.165) is 64.8 Å². The summed E-state index contributed by atoms with van der Waals surface area (Å²) in [6.07, 6.45) is 8.09. The molecule has 0 aromatic carbocycles. The van der Waals surface area contributed by atoms with Gasteiger partial charge in [0.1, 0.15) is 0 Å². The molecule has 3 aliphatic heterocycles. The molecule has 1 atom stereocenters. The van der Waals surface area contributed by atoms with Gasteiger partial charge >= 0.3 is 0 Å². The van der Waals surface area contributed by atoms with Crippen LogP contribution in [0.1, 0.15) is 51.4 Å². The van der Waals surface area contributed by atoms with E-state index in [-0.39, 0.29) is 23.6 Å². The van der Waals surface area contributed by atoms with Crippen molar-refractivity contribution in [3.05, 3.63) is 0 Å². The highest BCUT2D eigenvalue weighted by Gasteiger charge is 2.40. The summed E-state index contributed by atoms with van der Waals surface area (Å²) in [5, 5.41) is 0. The van der Waals surface area contributed by atoms with Crippen LogP contribution < -0.4 is 0 Å². The molecule has 0 aromatic heterocycles. The van der Waals surface area contributed by atoms with Crippen LogP contribution in [0.3, 0.4) is 0 Å². The fraction of sp³-hybridized carbons (Fsp3) is 0.857. The number of carbonyl (C=O) groups is 3. The third-order valence-corrected chi connectivity index (χ3v) is 6.99. The summed E-state index contributed by atoms with van der Waals surface area (Å²) in [4.78, 5) is 46.0. The number of amides is 3. The smallest absolute Gasteiger partial charge is 0.236 e. The molecule has 3 saturated heterocycles. The second-order valence-electron chi connectivity index (χ2n) is 8.93. The minimum absolute atomic E-state index is 0.140. The van der Waals surface area contributed by atoms with E-state index in [0.29, 0.717) is 32.1 Å². The molecular formula is C21H34N4O3. The number of hydrogen-bond donors (Lipinski definition) is 0. The molecule has 0 spiro atoms. The summed E-state index contributed by atoms with van der Waals surface area (Å²) < 4.78 is 0. The van der Waals surface area contributed by atoms with Gasteiger partial charge in [0.25, 0.3) is 0 Å². The van der Waals surface area contributed by atoms with Crippen LogP contribution in [-0.4, -0.2) is 95.7 Å². The minimum Gasteiger partial charge on any atom is -0.342 e. The van der Waals surface area contributed by atoms with Crippen LogP contribution in [0.25, 0.3) is 0 Å². The van der Waals surface area contributed by atoms with Gasteiger partial charge < -0.3 is 14.7 Å². The van der Waals surface area contributed by atoms with Gasteiger partial charge in [-0.3, -0.25) is 19.3 Å². The lowest BCUT2D eigenvalue weighted by Gasteiger charge is -2.26. The van der Waals surface area contributed by atoms with Gasteiger partial charge in [0.2, 0.25) is 17.7 Å². The third-order valence-electron chi connectivity index (χ3n) is 6.99. The van der Waals surface area contributed by atoms with Crippen molar-refractivity contribution < 1.29 is 14.4 Å². The second kappa shape index (κ2) is 8.80. The number of hydrogen-bond acceptors (Lipinski definition) is 4. The van der Waals surface area contributed by atoms with E-state index in [4.69, 9.17) is 0 Å². The Bertz CT molecular complexity index is 598. The van der Waals surface area contributed by atoms with Gasteiger partial charge in [-0.15, -0.1) is 0 Å². The molecule has 3 amide bonds. The Kier molecular flexibility index (Phi) is 6.19. The fourth-order valence-electron chi connectivity index (χ4n) is 5.33. The maximum absolute atomic E-state index is 13.1. The van der Waals surface area contributed by atoms with Crippen molar-refractivity contribution in [2.45, 2.75) is 57.4 Å². The highest BCUT2D eigenvalue weighted by molar-refractivity contribution is 5.89. The molecule has 28 heavy (non-hydrogen) atoms. The molecule has 0 aromatic rings. The maximum Gasteiger partial charge on any atom is 0.236 e. The van der Waals surface area contributed by atoms with E-state index in [1.165, 1.54) is 12.8 Å². The summed E-state index contributed by atoms with van der Waals surface area (Å²) in [6, 6.07) is 0.363. The lowest BCUT2D eigenvalue weighted by Crippen LogP contribution is -2.42. The average Bonchev–Trinajstić information content (AvgIpc) is 3.42. The van der Waals surface area contributed by atoms with E-state index >= 15 is 0 Å². The minimum atomic E-state index is -0.175. The van der Waals surface area contributed by atoms with Crippen LogP contribution in [0, 0.1) is 5.92 Å². The molecule has 0 radical (unpaired) electrons. The first kappa shape index (κ1) is 19.7. The zero-order valence-corrected chi connectivity index (χ0v) is 17.0. The first-order valence-electron chi connectivity index (χ1n) is 11.2. The van der Waals surface area contributed by atoms with Gasteiger partial charge in [0.05, 0.1) is 12.5 Å². The maximum atomic E-state index is 13.1. The van der Waals surface area contributed by atoms with Crippen LogP contribution in [0.2, 0.25) is 0 Å². The molecule has 156 valence electrons. The Morgan fingerprint density at radius 2 is 1.54 bits per heavy atom. The molecule has 7 heteroatoms. The zero-order valence-electron chi connectivity index (χ0n) is 17.0. The lowest BCUT2D eigenvalue weighted by atomic mass is 10.1. The highest BCUT2D eigenvalue weighted by Crippen LogP contribution is 2.30. The number of rotatable bonds is 4. The summed E-state index contributed by atoms with van der Waals surface area (Å²) in [6.45, 7) is 5.88. The Labute approximate surface area is 168 Å². The largest absolute Gasteiger partial charge is 0.342 e. The van der Waals surface area contributed by atoms with Crippen molar-refractivity contribution in [3.63, 3.8) is 0 Å². The molecule has 7 nitrogen and oxygen atoms in total. The first-order valence-corrected chi connectivity index (χ1v) is 11.2. The fourth-order valence-corrected chi connectivity index (χ4v) is 5.33. The molecular weight excluding hydrogens is 356 g/mol. The monoisotopic (exact) mass is 390 g/mol. The van der Waals surface area contributed by atoms with Crippen molar-refractivity contribution in [2.24, 2.45) is 5.92 Å². The SMILES string of the molecule is O=C(CN1CCCN(C(=O)C2CC(=O)N(C3CCCC3)C2)CC1)N1CCCC1. The van der Waals surface area contributed by atoms with Crippen molar-refractivity contribution in [1.29, 1.82) is 0 Å². The molecule has 0 N–H and O–H groups in total. The standard InChI is InChI=1S/C21H34N4O3/c26-19-14-17(15-25(19)18-6-1-2-7-18)21(28)24-11-5-8-22(12-13-24)16-20(27)23-9-3-4-10-23/h17-18H,1-16H2. The molecule has 4 rings (SSSR count). The van der Waals surface area contributed by atoms with Crippen LogP contribution in [-0.2, 0) is 14.4 Å². The van der Waals surface area contributed by atoms with E-state index in [1.807, 2.05) is 14.7 Å². The second-order valence-corrected chi connectivity index (χ2v) is 8.93. The van der Waals surface area contributed by atoms with Crippen LogP contribution in [0.4, 0.5) is 0 Å². The van der Waals surface area contributed by atoms with Crippen LogP contribution in [0.5, 0.6) is 0 Å². The van der Waals surface area contributed by atoms with Crippen molar-refractivity contribution in [2.75, 3.05) is 52.4 Å². The summed E-state index contributed by atoms with van der Waals surface area (Å²) in [7, 11) is 0. The summed E-state index contributed by atoms with van der Waals surface area (Å²) in [5.74, 6) is 0.358.